The van der Waals surface area contributed by atoms with Crippen LogP contribution in [0.4, 0.5) is 0 Å². The van der Waals surface area contributed by atoms with Gasteiger partial charge in [0.05, 0.1) is 17.8 Å². The van der Waals surface area contributed by atoms with Crippen LogP contribution in [-0.4, -0.2) is 33.1 Å². The van der Waals surface area contributed by atoms with Crippen molar-refractivity contribution in [3.8, 4) is 0 Å². The third kappa shape index (κ3) is 8.22. The molecule has 0 heterocycles. The van der Waals surface area contributed by atoms with Crippen LogP contribution in [0, 0.1) is 0 Å². The lowest BCUT2D eigenvalue weighted by Crippen LogP contribution is -2.26. The van der Waals surface area contributed by atoms with E-state index in [1.165, 1.54) is 16.7 Å². The van der Waals surface area contributed by atoms with Crippen LogP contribution in [0.1, 0.15) is 83.3 Å². The Kier molecular flexibility index (Phi) is 9.54. The van der Waals surface area contributed by atoms with Crippen molar-refractivity contribution >= 4 is 5.57 Å². The molecule has 3 nitrogen and oxygen atoms in total. The molecule has 166 valence electrons. The van der Waals surface area contributed by atoms with Gasteiger partial charge >= 0.3 is 0 Å². The van der Waals surface area contributed by atoms with Gasteiger partial charge in [0.15, 0.2) is 0 Å². The van der Waals surface area contributed by atoms with Crippen molar-refractivity contribution in [2.45, 2.75) is 96.4 Å². The van der Waals surface area contributed by atoms with Gasteiger partial charge in [0.2, 0.25) is 0 Å². The number of unbranched alkanes of at least 4 members (excludes halogenated alkanes) is 2. The zero-order valence-corrected chi connectivity index (χ0v) is 19.0. The average molecular weight is 413 g/mol. The van der Waals surface area contributed by atoms with E-state index < -0.39 is 17.8 Å². The molecule has 2 rings (SSSR count). The fourth-order valence-corrected chi connectivity index (χ4v) is 3.96. The molecule has 30 heavy (non-hydrogen) atoms. The topological polar surface area (TPSA) is 60.7 Å². The van der Waals surface area contributed by atoms with Crippen molar-refractivity contribution in [2.24, 2.45) is 0 Å². The fraction of sp³-hybridized carbons (Fsp3) is 0.556. The lowest BCUT2D eigenvalue weighted by molar-refractivity contribution is 0.0682. The van der Waals surface area contributed by atoms with E-state index in [0.29, 0.717) is 12.8 Å². The van der Waals surface area contributed by atoms with Gasteiger partial charge in [-0.25, -0.2) is 0 Å². The van der Waals surface area contributed by atoms with Crippen LogP contribution in [0.25, 0.3) is 5.57 Å². The van der Waals surface area contributed by atoms with Crippen LogP contribution >= 0.6 is 0 Å². The van der Waals surface area contributed by atoms with Gasteiger partial charge in [-0.1, -0.05) is 62.8 Å². The summed E-state index contributed by atoms with van der Waals surface area (Å²) in [6.07, 6.45) is 11.1. The van der Waals surface area contributed by atoms with E-state index >= 15 is 0 Å². The molecule has 1 aromatic rings. The van der Waals surface area contributed by atoms with Crippen LogP contribution in [-0.2, 0) is 6.42 Å². The summed E-state index contributed by atoms with van der Waals surface area (Å²) in [5.41, 5.74) is 4.93. The number of hydrogen-bond acceptors (Lipinski definition) is 3. The minimum Gasteiger partial charge on any atom is -0.393 e. The second-order valence-electron chi connectivity index (χ2n) is 9.34. The SMILES string of the molecule is C=C1C(=CC=C(CCCC)c2cccc(CCCCC(C)(C)O)c2)C[C@@H](O)C[C@@H]1O. The first-order chi connectivity index (χ1) is 14.2. The molecule has 3 heteroatoms. The fourth-order valence-electron chi connectivity index (χ4n) is 3.96. The Bertz CT molecular complexity index is 752. The van der Waals surface area contributed by atoms with E-state index in [2.05, 4.69) is 43.8 Å². The van der Waals surface area contributed by atoms with Gasteiger partial charge in [0.1, 0.15) is 0 Å². The number of hydrogen-bond donors (Lipinski definition) is 3. The largest absolute Gasteiger partial charge is 0.393 e. The molecule has 0 bridgehead atoms. The molecule has 1 saturated carbocycles. The molecule has 1 aliphatic carbocycles. The summed E-state index contributed by atoms with van der Waals surface area (Å²) in [5, 5.41) is 30.0. The Morgan fingerprint density at radius 1 is 1.20 bits per heavy atom. The van der Waals surface area contributed by atoms with Crippen molar-refractivity contribution in [1.82, 2.24) is 0 Å². The van der Waals surface area contributed by atoms with E-state index in [9.17, 15) is 15.3 Å². The quantitative estimate of drug-likeness (QED) is 0.429. The molecule has 0 unspecified atom stereocenters. The number of aryl methyl sites for hydroxylation is 1. The maximum atomic E-state index is 10.1. The van der Waals surface area contributed by atoms with Crippen molar-refractivity contribution in [3.63, 3.8) is 0 Å². The molecule has 0 amide bonds. The normalized spacial score (nSPS) is 22.0. The van der Waals surface area contributed by atoms with Gasteiger partial charge in [-0.2, -0.15) is 0 Å². The van der Waals surface area contributed by atoms with E-state index in [0.717, 1.165) is 56.1 Å². The first kappa shape index (κ1) is 24.6. The summed E-state index contributed by atoms with van der Waals surface area (Å²) in [6, 6.07) is 8.75. The van der Waals surface area contributed by atoms with Gasteiger partial charge in [-0.05, 0) is 80.2 Å². The summed E-state index contributed by atoms with van der Waals surface area (Å²) >= 11 is 0. The predicted octanol–water partition coefficient (Wildman–Crippen LogP) is 5.74. The Morgan fingerprint density at radius 2 is 1.97 bits per heavy atom. The Hall–Kier alpha value is -1.68. The maximum absolute atomic E-state index is 10.1. The molecule has 0 radical (unpaired) electrons. The number of rotatable bonds is 10. The number of allylic oxidation sites excluding steroid dienone is 3. The van der Waals surface area contributed by atoms with Crippen molar-refractivity contribution in [3.05, 3.63) is 65.3 Å². The molecule has 0 aliphatic heterocycles. The standard InChI is InChI=1S/C27H40O3/c1-5-6-12-22(14-15-23-18-25(28)19-26(29)20(23)2)24-13-9-11-21(17-24)10-7-8-16-27(3,4)30/h9,11,13-15,17,25-26,28-30H,2,5-8,10,12,16,18-19H2,1,3-4H3/t25-,26+/m1/s1. The minimum absolute atomic E-state index is 0.373. The van der Waals surface area contributed by atoms with Gasteiger partial charge in [0, 0.05) is 6.42 Å². The molecule has 1 fully saturated rings. The lowest BCUT2D eigenvalue weighted by atomic mass is 9.85. The molecular formula is C27H40O3. The second-order valence-corrected chi connectivity index (χ2v) is 9.34. The lowest BCUT2D eigenvalue weighted by Gasteiger charge is -2.26. The molecule has 3 N–H and O–H groups in total. The van der Waals surface area contributed by atoms with E-state index in [-0.39, 0.29) is 0 Å². The highest BCUT2D eigenvalue weighted by Crippen LogP contribution is 2.30. The monoisotopic (exact) mass is 412 g/mol. The summed E-state index contributed by atoms with van der Waals surface area (Å²) < 4.78 is 0. The van der Waals surface area contributed by atoms with Gasteiger partial charge in [-0.3, -0.25) is 0 Å². The molecule has 1 aromatic carbocycles. The van der Waals surface area contributed by atoms with Crippen LogP contribution < -0.4 is 0 Å². The first-order valence-corrected chi connectivity index (χ1v) is 11.5. The predicted molar refractivity (Wildman–Crippen MR) is 126 cm³/mol. The summed E-state index contributed by atoms with van der Waals surface area (Å²) in [7, 11) is 0. The summed E-state index contributed by atoms with van der Waals surface area (Å²) in [4.78, 5) is 0. The van der Waals surface area contributed by atoms with Crippen molar-refractivity contribution in [2.75, 3.05) is 0 Å². The maximum Gasteiger partial charge on any atom is 0.0811 e. The molecule has 1 aliphatic rings. The van der Waals surface area contributed by atoms with Crippen LogP contribution in [0.15, 0.2) is 54.1 Å². The molecule has 0 saturated heterocycles. The van der Waals surface area contributed by atoms with Gasteiger partial charge < -0.3 is 15.3 Å². The Labute approximate surface area is 182 Å². The smallest absolute Gasteiger partial charge is 0.0811 e. The highest BCUT2D eigenvalue weighted by molar-refractivity contribution is 5.68. The van der Waals surface area contributed by atoms with E-state index in [1.54, 1.807) is 0 Å². The van der Waals surface area contributed by atoms with Gasteiger partial charge in [-0.15, -0.1) is 0 Å². The van der Waals surface area contributed by atoms with E-state index in [4.69, 9.17) is 0 Å². The first-order valence-electron chi connectivity index (χ1n) is 11.5. The number of benzene rings is 1. The molecule has 2 atom stereocenters. The molecular weight excluding hydrogens is 372 g/mol. The van der Waals surface area contributed by atoms with Crippen LogP contribution in [0.3, 0.4) is 0 Å². The zero-order chi connectivity index (χ0) is 22.1. The van der Waals surface area contributed by atoms with Gasteiger partial charge in [0.25, 0.3) is 0 Å². The average Bonchev–Trinajstić information content (AvgIpc) is 2.68. The number of aliphatic hydroxyl groups excluding tert-OH is 2. The molecule has 0 spiro atoms. The van der Waals surface area contributed by atoms with Crippen LogP contribution in [0.5, 0.6) is 0 Å². The van der Waals surface area contributed by atoms with E-state index in [1.807, 2.05) is 19.9 Å². The minimum atomic E-state index is -0.653. The summed E-state index contributed by atoms with van der Waals surface area (Å²) in [5.74, 6) is 0. The highest BCUT2D eigenvalue weighted by Gasteiger charge is 2.24. The highest BCUT2D eigenvalue weighted by atomic mass is 16.3. The Balaban J connectivity index is 2.15. The zero-order valence-electron chi connectivity index (χ0n) is 19.0. The van der Waals surface area contributed by atoms with Crippen molar-refractivity contribution in [1.29, 1.82) is 0 Å². The van der Waals surface area contributed by atoms with Crippen LogP contribution in [0.2, 0.25) is 0 Å². The second kappa shape index (κ2) is 11.6. The van der Waals surface area contributed by atoms with Crippen molar-refractivity contribution < 1.29 is 15.3 Å². The third-order valence-corrected chi connectivity index (χ3v) is 5.85. The summed E-state index contributed by atoms with van der Waals surface area (Å²) in [6.45, 7) is 9.95. The third-order valence-electron chi connectivity index (χ3n) is 5.85. The number of aliphatic hydroxyl groups is 3. The Morgan fingerprint density at radius 3 is 2.67 bits per heavy atom. The molecule has 0 aromatic heterocycles.